The van der Waals surface area contributed by atoms with E-state index in [1.165, 1.54) is 6.21 Å². The van der Waals surface area contributed by atoms with Crippen molar-refractivity contribution in [1.82, 2.24) is 10.3 Å². The van der Waals surface area contributed by atoms with Gasteiger partial charge in [-0.3, -0.25) is 5.32 Å². The van der Waals surface area contributed by atoms with E-state index in [1.807, 2.05) is 6.07 Å². The van der Waals surface area contributed by atoms with E-state index >= 15 is 0 Å². The van der Waals surface area contributed by atoms with Crippen molar-refractivity contribution < 1.29 is 9.90 Å². The maximum Gasteiger partial charge on any atom is 0.409 e. The van der Waals surface area contributed by atoms with Gasteiger partial charge in [0.1, 0.15) is 5.82 Å². The molecule has 0 saturated heterocycles. The molecule has 1 aromatic heterocycles. The van der Waals surface area contributed by atoms with E-state index in [4.69, 9.17) is 5.11 Å². The second-order valence-corrected chi connectivity index (χ2v) is 3.65. The third-order valence-electron chi connectivity index (χ3n) is 2.00. The van der Waals surface area contributed by atoms with E-state index in [0.717, 1.165) is 11.4 Å². The van der Waals surface area contributed by atoms with E-state index in [2.05, 4.69) is 35.7 Å². The lowest BCUT2D eigenvalue weighted by atomic mass is 10.1. The summed E-state index contributed by atoms with van der Waals surface area (Å²) in [4.78, 5) is 17.4. The Kier molecular flexibility index (Phi) is 3.88. The highest BCUT2D eigenvalue weighted by molar-refractivity contribution is 5.85. The standard InChI is InChI=1S/C11H15N3O2/c1-7(2)9-4-5-12-10(9)13-6-8(3)14-11(15)16/h4-7,12,14H,3H2,1-2H3,(H,15,16). The van der Waals surface area contributed by atoms with Crippen LogP contribution in [0, 0.1) is 0 Å². The number of nitrogens with zero attached hydrogens (tertiary/aromatic N) is 1. The van der Waals surface area contributed by atoms with E-state index in [0.29, 0.717) is 5.92 Å². The average molecular weight is 221 g/mol. The summed E-state index contributed by atoms with van der Waals surface area (Å²) >= 11 is 0. The zero-order valence-corrected chi connectivity index (χ0v) is 9.32. The molecule has 1 amide bonds. The Hall–Kier alpha value is -2.04. The molecule has 0 aliphatic carbocycles. The van der Waals surface area contributed by atoms with Crippen LogP contribution in [0.3, 0.4) is 0 Å². The maximum atomic E-state index is 10.3. The van der Waals surface area contributed by atoms with Crippen LogP contribution in [0.25, 0.3) is 0 Å². The second kappa shape index (κ2) is 5.16. The van der Waals surface area contributed by atoms with Crippen molar-refractivity contribution in [3.8, 4) is 0 Å². The quantitative estimate of drug-likeness (QED) is 0.683. The SMILES string of the molecule is C=C(C=Nc1[nH]ccc1C(C)C)NC(=O)O. The maximum absolute atomic E-state index is 10.3. The van der Waals surface area contributed by atoms with Gasteiger partial charge in [-0.25, -0.2) is 9.79 Å². The van der Waals surface area contributed by atoms with Gasteiger partial charge in [0.25, 0.3) is 0 Å². The number of H-pyrrole nitrogens is 1. The highest BCUT2D eigenvalue weighted by atomic mass is 16.4. The molecule has 86 valence electrons. The molecule has 1 aromatic rings. The molecule has 0 aromatic carbocycles. The minimum atomic E-state index is -1.15. The van der Waals surface area contributed by atoms with Gasteiger partial charge in [-0.15, -0.1) is 0 Å². The topological polar surface area (TPSA) is 77.5 Å². The van der Waals surface area contributed by atoms with Crippen LogP contribution in [0.15, 0.2) is 29.5 Å². The molecule has 0 atom stereocenters. The molecule has 1 rings (SSSR count). The first-order valence-electron chi connectivity index (χ1n) is 4.91. The normalized spacial score (nSPS) is 10.9. The lowest BCUT2D eigenvalue weighted by Crippen LogP contribution is -2.19. The molecule has 5 nitrogen and oxygen atoms in total. The first-order chi connectivity index (χ1) is 7.50. The molecule has 0 unspecified atom stereocenters. The van der Waals surface area contributed by atoms with Gasteiger partial charge in [0, 0.05) is 6.20 Å². The fourth-order valence-electron chi connectivity index (χ4n) is 1.26. The van der Waals surface area contributed by atoms with Gasteiger partial charge in [-0.1, -0.05) is 20.4 Å². The third-order valence-corrected chi connectivity index (χ3v) is 2.00. The van der Waals surface area contributed by atoms with Crippen LogP contribution in [-0.2, 0) is 0 Å². The van der Waals surface area contributed by atoms with E-state index < -0.39 is 6.09 Å². The lowest BCUT2D eigenvalue weighted by molar-refractivity contribution is 0.198. The summed E-state index contributed by atoms with van der Waals surface area (Å²) in [7, 11) is 0. The Morgan fingerprint density at radius 3 is 2.94 bits per heavy atom. The van der Waals surface area contributed by atoms with E-state index in [9.17, 15) is 4.79 Å². The van der Waals surface area contributed by atoms with Crippen LogP contribution in [-0.4, -0.2) is 22.4 Å². The number of hydrogen-bond acceptors (Lipinski definition) is 2. The van der Waals surface area contributed by atoms with Crippen molar-refractivity contribution in [2.24, 2.45) is 4.99 Å². The van der Waals surface area contributed by atoms with Crippen molar-refractivity contribution in [2.75, 3.05) is 0 Å². The van der Waals surface area contributed by atoms with Gasteiger partial charge in [0.2, 0.25) is 0 Å². The number of amides is 1. The average Bonchev–Trinajstić information content (AvgIpc) is 2.61. The Morgan fingerprint density at radius 1 is 1.69 bits per heavy atom. The van der Waals surface area contributed by atoms with Gasteiger partial charge in [-0.2, -0.15) is 0 Å². The number of hydrogen-bond donors (Lipinski definition) is 3. The van der Waals surface area contributed by atoms with Gasteiger partial charge in [-0.05, 0) is 17.5 Å². The summed E-state index contributed by atoms with van der Waals surface area (Å²) in [6.45, 7) is 7.64. The summed E-state index contributed by atoms with van der Waals surface area (Å²) in [5.74, 6) is 1.09. The minimum absolute atomic E-state index is 0.233. The molecule has 0 bridgehead atoms. The molecule has 1 heterocycles. The van der Waals surface area contributed by atoms with Crippen molar-refractivity contribution >= 4 is 18.1 Å². The zero-order chi connectivity index (χ0) is 12.1. The monoisotopic (exact) mass is 221 g/mol. The Balaban J connectivity index is 2.72. The summed E-state index contributed by atoms with van der Waals surface area (Å²) in [5, 5.41) is 10.6. The molecule has 0 spiro atoms. The van der Waals surface area contributed by atoms with Crippen molar-refractivity contribution in [3.05, 3.63) is 30.1 Å². The van der Waals surface area contributed by atoms with Gasteiger partial charge in [0.05, 0.1) is 11.9 Å². The molecule has 3 N–H and O–H groups in total. The number of carbonyl (C=O) groups is 1. The summed E-state index contributed by atoms with van der Waals surface area (Å²) < 4.78 is 0. The number of allylic oxidation sites excluding steroid dienone is 1. The predicted molar refractivity (Wildman–Crippen MR) is 63.3 cm³/mol. The number of aromatic nitrogens is 1. The minimum Gasteiger partial charge on any atom is -0.465 e. The Bertz CT molecular complexity index is 419. The van der Waals surface area contributed by atoms with Gasteiger partial charge in [0.15, 0.2) is 0 Å². The fraction of sp³-hybridized carbons (Fsp3) is 0.273. The Labute approximate surface area is 93.9 Å². The molecule has 0 aliphatic rings. The van der Waals surface area contributed by atoms with Crippen molar-refractivity contribution in [3.63, 3.8) is 0 Å². The molecule has 0 aliphatic heterocycles. The third kappa shape index (κ3) is 3.27. The van der Waals surface area contributed by atoms with Crippen LogP contribution < -0.4 is 5.32 Å². The number of aromatic amines is 1. The smallest absolute Gasteiger partial charge is 0.409 e. The van der Waals surface area contributed by atoms with Gasteiger partial charge < -0.3 is 10.1 Å². The molecular formula is C11H15N3O2. The number of aliphatic imine (C=N–C) groups is 1. The van der Waals surface area contributed by atoms with Crippen LogP contribution in [0.2, 0.25) is 0 Å². The largest absolute Gasteiger partial charge is 0.465 e. The molecule has 0 fully saturated rings. The van der Waals surface area contributed by atoms with Crippen LogP contribution in [0.5, 0.6) is 0 Å². The van der Waals surface area contributed by atoms with Gasteiger partial charge >= 0.3 is 6.09 Å². The number of carboxylic acid groups (broad SMARTS) is 1. The van der Waals surface area contributed by atoms with E-state index in [-0.39, 0.29) is 5.70 Å². The highest BCUT2D eigenvalue weighted by Crippen LogP contribution is 2.24. The number of nitrogens with one attached hydrogen (secondary N) is 2. The first kappa shape index (κ1) is 12.0. The fourth-order valence-corrected chi connectivity index (χ4v) is 1.26. The molecule has 0 saturated carbocycles. The number of rotatable bonds is 4. The highest BCUT2D eigenvalue weighted by Gasteiger charge is 2.05. The van der Waals surface area contributed by atoms with Crippen LogP contribution in [0.4, 0.5) is 10.6 Å². The Morgan fingerprint density at radius 2 is 2.38 bits per heavy atom. The molecule has 0 radical (unpaired) electrons. The zero-order valence-electron chi connectivity index (χ0n) is 9.32. The van der Waals surface area contributed by atoms with Crippen LogP contribution >= 0.6 is 0 Å². The lowest BCUT2D eigenvalue weighted by Gasteiger charge is -2.03. The first-order valence-corrected chi connectivity index (χ1v) is 4.91. The molecule has 16 heavy (non-hydrogen) atoms. The summed E-state index contributed by atoms with van der Waals surface area (Å²) in [6, 6.07) is 1.95. The van der Waals surface area contributed by atoms with Crippen LogP contribution in [0.1, 0.15) is 25.3 Å². The summed E-state index contributed by atoms with van der Waals surface area (Å²) in [6.07, 6.45) is 2.04. The molecular weight excluding hydrogens is 206 g/mol. The van der Waals surface area contributed by atoms with Crippen molar-refractivity contribution in [2.45, 2.75) is 19.8 Å². The summed E-state index contributed by atoms with van der Waals surface area (Å²) in [5.41, 5.74) is 1.32. The predicted octanol–water partition coefficient (Wildman–Crippen LogP) is 2.62. The second-order valence-electron chi connectivity index (χ2n) is 3.65. The van der Waals surface area contributed by atoms with Crippen molar-refractivity contribution in [1.29, 1.82) is 0 Å². The van der Waals surface area contributed by atoms with E-state index in [1.54, 1.807) is 6.20 Å². The molecule has 5 heteroatoms.